The molecule has 1 aromatic carbocycles. The molecule has 6 heteroatoms. The van der Waals surface area contributed by atoms with Crippen LogP contribution in [0.1, 0.15) is 58.3 Å². The Morgan fingerprint density at radius 1 is 1.15 bits per heavy atom. The molecule has 1 aromatic rings. The van der Waals surface area contributed by atoms with Gasteiger partial charge in [0.25, 0.3) is 0 Å². The maximum absolute atomic E-state index is 11.4. The van der Waals surface area contributed by atoms with E-state index in [0.717, 1.165) is 25.2 Å². The third-order valence-corrected chi connectivity index (χ3v) is 12.2. The molecule has 1 aliphatic rings. The largest absolute Gasteiger partial charge is 0.495 e. The topological polar surface area (TPSA) is 64.8 Å². The summed E-state index contributed by atoms with van der Waals surface area (Å²) in [7, 11) is -0.261. The fourth-order valence-corrected chi connectivity index (χ4v) is 10.4. The Bertz CT molecular complexity index is 639. The molecule has 1 amide bonds. The first-order chi connectivity index (χ1) is 12.6. The van der Waals surface area contributed by atoms with Crippen LogP contribution in [0, 0.1) is 0 Å². The van der Waals surface area contributed by atoms with Crippen LogP contribution >= 0.6 is 0 Å². The lowest BCUT2D eigenvalue weighted by atomic mass is 10.1. The summed E-state index contributed by atoms with van der Waals surface area (Å²) in [5.41, 5.74) is 8.60. The lowest BCUT2D eigenvalue weighted by Crippen LogP contribution is -2.50. The van der Waals surface area contributed by atoms with Gasteiger partial charge in [-0.2, -0.15) is 0 Å². The second-order valence-corrected chi connectivity index (χ2v) is 13.9. The minimum Gasteiger partial charge on any atom is -0.495 e. The summed E-state index contributed by atoms with van der Waals surface area (Å²) in [5.74, 6) is 0.246. The number of ether oxygens (including phenoxy) is 1. The summed E-state index contributed by atoms with van der Waals surface area (Å²) in [6, 6.07) is 5.42. The van der Waals surface area contributed by atoms with E-state index in [9.17, 15) is 4.79 Å². The average Bonchev–Trinajstić information content (AvgIpc) is 3.06. The average molecular weight is 393 g/mol. The van der Waals surface area contributed by atoms with E-state index in [4.69, 9.17) is 14.9 Å². The predicted molar refractivity (Wildman–Crippen MR) is 114 cm³/mol. The molecule has 1 heterocycles. The number of methoxy groups -OCH3 is 1. The summed E-state index contributed by atoms with van der Waals surface area (Å²) < 4.78 is 12.5. The zero-order chi connectivity index (χ0) is 20.4. The van der Waals surface area contributed by atoms with Gasteiger partial charge in [0.05, 0.1) is 18.9 Å². The van der Waals surface area contributed by atoms with Gasteiger partial charge in [0.2, 0.25) is 14.2 Å². The van der Waals surface area contributed by atoms with E-state index < -0.39 is 14.2 Å². The van der Waals surface area contributed by atoms with Crippen molar-refractivity contribution < 1.29 is 14.0 Å². The first-order valence-electron chi connectivity index (χ1n) is 10.0. The van der Waals surface area contributed by atoms with Crippen molar-refractivity contribution in [3.8, 4) is 5.75 Å². The number of nitrogens with two attached hydrogens (primary N) is 1. The first kappa shape index (κ1) is 21.8. The minimum absolute atomic E-state index is 0.240. The van der Waals surface area contributed by atoms with Crippen LogP contribution in [0.15, 0.2) is 18.2 Å². The number of rotatable bonds is 8. The summed E-state index contributed by atoms with van der Waals surface area (Å²) in [6.45, 7) is 15.7. The molecule has 1 aliphatic heterocycles. The van der Waals surface area contributed by atoms with Crippen molar-refractivity contribution in [2.75, 3.05) is 25.1 Å². The molecule has 0 bridgehead atoms. The minimum atomic E-state index is -1.89. The normalized spacial score (nSPS) is 18.0. The van der Waals surface area contributed by atoms with Crippen molar-refractivity contribution >= 4 is 19.9 Å². The van der Waals surface area contributed by atoms with Gasteiger partial charge in [-0.05, 0) is 41.2 Å². The van der Waals surface area contributed by atoms with Crippen LogP contribution in [0.25, 0.3) is 0 Å². The fourth-order valence-electron chi connectivity index (χ4n) is 4.83. The number of carbonyl (C=O) groups is 1. The van der Waals surface area contributed by atoms with Gasteiger partial charge in [-0.3, -0.25) is 4.79 Å². The van der Waals surface area contributed by atoms with Gasteiger partial charge >= 0.3 is 0 Å². The molecule has 5 nitrogen and oxygen atoms in total. The fraction of sp³-hybridized carbons (Fsp3) is 0.667. The highest BCUT2D eigenvalue weighted by molar-refractivity contribution is 6.77. The number of benzene rings is 1. The number of hydrogen-bond acceptors (Lipinski definition) is 4. The molecule has 27 heavy (non-hydrogen) atoms. The molecule has 2 rings (SSSR count). The summed E-state index contributed by atoms with van der Waals surface area (Å²) >= 11 is 0. The second-order valence-electron chi connectivity index (χ2n) is 8.54. The Kier molecular flexibility index (Phi) is 6.97. The van der Waals surface area contributed by atoms with Crippen molar-refractivity contribution in [2.45, 2.75) is 70.7 Å². The SMILES string of the molecule is COc1cc(C(N)=O)ccc1N1CC[C@@H](O[Si](C(C)C)(C(C)C)C(C)C)C1. The van der Waals surface area contributed by atoms with E-state index in [0.29, 0.717) is 27.9 Å². The third kappa shape index (κ3) is 4.32. The quantitative estimate of drug-likeness (QED) is 0.658. The van der Waals surface area contributed by atoms with Crippen LogP contribution in [0.3, 0.4) is 0 Å². The van der Waals surface area contributed by atoms with Gasteiger partial charge in [0.1, 0.15) is 5.75 Å². The van der Waals surface area contributed by atoms with Crippen LogP contribution < -0.4 is 15.4 Å². The van der Waals surface area contributed by atoms with Crippen molar-refractivity contribution in [3.63, 3.8) is 0 Å². The highest BCUT2D eigenvalue weighted by Crippen LogP contribution is 2.44. The van der Waals surface area contributed by atoms with E-state index in [2.05, 4.69) is 46.4 Å². The zero-order valence-electron chi connectivity index (χ0n) is 17.9. The Morgan fingerprint density at radius 2 is 1.74 bits per heavy atom. The summed E-state index contributed by atoms with van der Waals surface area (Å²) in [4.78, 5) is 13.7. The number of primary amides is 1. The highest BCUT2D eigenvalue weighted by atomic mass is 28.4. The van der Waals surface area contributed by atoms with Crippen molar-refractivity contribution in [1.82, 2.24) is 0 Å². The molecule has 0 radical (unpaired) electrons. The van der Waals surface area contributed by atoms with Gasteiger partial charge in [0, 0.05) is 18.7 Å². The van der Waals surface area contributed by atoms with E-state index in [1.165, 1.54) is 0 Å². The Labute approximate surface area is 165 Å². The highest BCUT2D eigenvalue weighted by Gasteiger charge is 2.47. The Morgan fingerprint density at radius 3 is 2.22 bits per heavy atom. The van der Waals surface area contributed by atoms with Crippen LogP contribution in [-0.4, -0.2) is 40.5 Å². The molecule has 0 spiro atoms. The molecule has 152 valence electrons. The van der Waals surface area contributed by atoms with Crippen LogP contribution in [-0.2, 0) is 4.43 Å². The number of hydrogen-bond donors (Lipinski definition) is 1. The lowest BCUT2D eigenvalue weighted by molar-refractivity contribution is 0.1000. The predicted octanol–water partition coefficient (Wildman–Crippen LogP) is 4.56. The standard InChI is InChI=1S/C21H36N2O3Si/c1-14(2)27(15(3)4,16(5)6)26-18-10-11-23(13-18)19-9-8-17(21(22)24)12-20(19)25-7/h8-9,12,14-16,18H,10-11,13H2,1-7H3,(H2,22,24)/t18-/m1/s1. The molecule has 0 unspecified atom stereocenters. The third-order valence-electron chi connectivity index (χ3n) is 6.03. The molecule has 1 atom stereocenters. The maximum atomic E-state index is 11.4. The van der Waals surface area contributed by atoms with Gasteiger partial charge in [0.15, 0.2) is 0 Å². The molecule has 0 saturated carbocycles. The monoisotopic (exact) mass is 392 g/mol. The molecular formula is C21H36N2O3Si. The molecule has 2 N–H and O–H groups in total. The Hall–Kier alpha value is -1.53. The molecular weight excluding hydrogens is 356 g/mol. The summed E-state index contributed by atoms with van der Waals surface area (Å²) in [5, 5.41) is 0. The van der Waals surface area contributed by atoms with Gasteiger partial charge in [-0.15, -0.1) is 0 Å². The number of amides is 1. The van der Waals surface area contributed by atoms with Gasteiger partial charge in [-0.1, -0.05) is 41.5 Å². The van der Waals surface area contributed by atoms with E-state index >= 15 is 0 Å². The van der Waals surface area contributed by atoms with Gasteiger partial charge < -0.3 is 19.8 Å². The van der Waals surface area contributed by atoms with E-state index in [1.54, 1.807) is 19.2 Å². The number of carbonyl (C=O) groups excluding carboxylic acids is 1. The molecule has 0 aromatic heterocycles. The molecule has 0 aliphatic carbocycles. The van der Waals surface area contributed by atoms with E-state index in [1.807, 2.05) is 6.07 Å². The van der Waals surface area contributed by atoms with Crippen molar-refractivity contribution in [2.24, 2.45) is 5.73 Å². The van der Waals surface area contributed by atoms with Gasteiger partial charge in [-0.25, -0.2) is 0 Å². The summed E-state index contributed by atoms with van der Waals surface area (Å²) in [6.07, 6.45) is 1.26. The lowest BCUT2D eigenvalue weighted by Gasteiger charge is -2.44. The van der Waals surface area contributed by atoms with Crippen molar-refractivity contribution in [3.05, 3.63) is 23.8 Å². The number of nitrogens with zero attached hydrogens (tertiary/aromatic N) is 1. The smallest absolute Gasteiger partial charge is 0.248 e. The van der Waals surface area contributed by atoms with Crippen LogP contribution in [0.5, 0.6) is 5.75 Å². The van der Waals surface area contributed by atoms with Crippen LogP contribution in [0.4, 0.5) is 5.69 Å². The molecule has 1 fully saturated rings. The van der Waals surface area contributed by atoms with Crippen LogP contribution in [0.2, 0.25) is 16.6 Å². The number of anilines is 1. The Balaban J connectivity index is 2.20. The zero-order valence-corrected chi connectivity index (χ0v) is 18.9. The second kappa shape index (κ2) is 8.65. The maximum Gasteiger partial charge on any atom is 0.248 e. The first-order valence-corrected chi connectivity index (χ1v) is 12.2. The van der Waals surface area contributed by atoms with E-state index in [-0.39, 0.29) is 6.10 Å². The van der Waals surface area contributed by atoms with Crippen molar-refractivity contribution in [1.29, 1.82) is 0 Å². The molecule has 1 saturated heterocycles.